The molecule has 1 N–H and O–H groups in total. The molecule has 0 unspecified atom stereocenters. The summed E-state index contributed by atoms with van der Waals surface area (Å²) in [5.74, 6) is -0.305. The van der Waals surface area contributed by atoms with Gasteiger partial charge in [-0.2, -0.15) is 13.2 Å². The Hall–Kier alpha value is -2.95. The largest absolute Gasteiger partial charge is 0.464 e. The zero-order valence-electron chi connectivity index (χ0n) is 19.6. The Bertz CT molecular complexity index is 1040. The summed E-state index contributed by atoms with van der Waals surface area (Å²) in [6.45, 7) is 1.36. The van der Waals surface area contributed by atoms with E-state index in [0.29, 0.717) is 24.4 Å². The number of aromatic nitrogens is 3. The minimum atomic E-state index is -4.43. The van der Waals surface area contributed by atoms with Gasteiger partial charge in [-0.15, -0.1) is 5.10 Å². The first-order valence-electron chi connectivity index (χ1n) is 11.9. The number of nitrogens with zero attached hydrogens (tertiary/aromatic N) is 4. The molecule has 1 saturated heterocycles. The van der Waals surface area contributed by atoms with Gasteiger partial charge in [-0.3, -0.25) is 9.69 Å². The second kappa shape index (κ2) is 10.8. The molecule has 0 spiro atoms. The van der Waals surface area contributed by atoms with Crippen LogP contribution in [0.3, 0.4) is 0 Å². The SMILES string of the molecule is COC(=O)c1cn([C@@H]2C[C@@H](C(=O)NCc3cccc(C(F)(F)F)c3)N(CC3CCCCC3)C2)nn1. The lowest BCUT2D eigenvalue weighted by molar-refractivity contribution is -0.137. The predicted octanol–water partition coefficient (Wildman–Crippen LogP) is 3.60. The molecule has 1 aliphatic carbocycles. The number of ether oxygens (including phenoxy) is 1. The first-order valence-corrected chi connectivity index (χ1v) is 11.9. The highest BCUT2D eigenvalue weighted by molar-refractivity contribution is 5.86. The fourth-order valence-corrected chi connectivity index (χ4v) is 5.06. The smallest absolute Gasteiger partial charge is 0.416 e. The van der Waals surface area contributed by atoms with Crippen molar-refractivity contribution in [2.45, 2.75) is 63.3 Å². The summed E-state index contributed by atoms with van der Waals surface area (Å²) in [4.78, 5) is 27.1. The van der Waals surface area contributed by atoms with Crippen LogP contribution >= 0.6 is 0 Å². The van der Waals surface area contributed by atoms with Gasteiger partial charge in [0, 0.05) is 19.6 Å². The van der Waals surface area contributed by atoms with Crippen LogP contribution < -0.4 is 5.32 Å². The first-order chi connectivity index (χ1) is 16.7. The van der Waals surface area contributed by atoms with E-state index in [4.69, 9.17) is 4.74 Å². The summed E-state index contributed by atoms with van der Waals surface area (Å²) >= 11 is 0. The second-order valence-corrected chi connectivity index (χ2v) is 9.35. The van der Waals surface area contributed by atoms with Crippen LogP contribution in [0.1, 0.15) is 66.2 Å². The van der Waals surface area contributed by atoms with Crippen LogP contribution in [0.25, 0.3) is 0 Å². The van der Waals surface area contributed by atoms with Gasteiger partial charge in [0.25, 0.3) is 0 Å². The molecule has 2 atom stereocenters. The maximum Gasteiger partial charge on any atom is 0.416 e. The highest BCUT2D eigenvalue weighted by Crippen LogP contribution is 2.32. The summed E-state index contributed by atoms with van der Waals surface area (Å²) < 4.78 is 45.4. The molecule has 2 fully saturated rings. The highest BCUT2D eigenvalue weighted by atomic mass is 19.4. The predicted molar refractivity (Wildman–Crippen MR) is 120 cm³/mol. The number of likely N-dealkylation sites (tertiary alicyclic amines) is 1. The molecule has 1 aromatic carbocycles. The van der Waals surface area contributed by atoms with Crippen LogP contribution in [0.4, 0.5) is 13.2 Å². The number of rotatable bonds is 7. The van der Waals surface area contributed by atoms with Gasteiger partial charge in [-0.05, 0) is 42.9 Å². The van der Waals surface area contributed by atoms with Gasteiger partial charge in [-0.25, -0.2) is 9.48 Å². The average molecular weight is 494 g/mol. The van der Waals surface area contributed by atoms with Gasteiger partial charge in [0.1, 0.15) is 0 Å². The summed E-state index contributed by atoms with van der Waals surface area (Å²) in [6.07, 6.45) is 3.39. The molecule has 35 heavy (non-hydrogen) atoms. The topological polar surface area (TPSA) is 89.4 Å². The van der Waals surface area contributed by atoms with Gasteiger partial charge < -0.3 is 10.1 Å². The number of nitrogens with one attached hydrogen (secondary N) is 1. The van der Waals surface area contributed by atoms with Crippen molar-refractivity contribution < 1.29 is 27.5 Å². The van der Waals surface area contributed by atoms with Crippen molar-refractivity contribution in [2.24, 2.45) is 5.92 Å². The van der Waals surface area contributed by atoms with Crippen molar-refractivity contribution in [3.05, 3.63) is 47.3 Å². The Balaban J connectivity index is 1.45. The van der Waals surface area contributed by atoms with E-state index < -0.39 is 23.8 Å². The Morgan fingerprint density at radius 1 is 1.20 bits per heavy atom. The van der Waals surface area contributed by atoms with Crippen molar-refractivity contribution in [3.8, 4) is 0 Å². The Morgan fingerprint density at radius 3 is 2.69 bits per heavy atom. The van der Waals surface area contributed by atoms with Crippen LogP contribution in [0.5, 0.6) is 0 Å². The van der Waals surface area contributed by atoms with Gasteiger partial charge in [-0.1, -0.05) is 36.6 Å². The number of alkyl halides is 3. The van der Waals surface area contributed by atoms with Crippen molar-refractivity contribution >= 4 is 11.9 Å². The van der Waals surface area contributed by atoms with E-state index in [1.54, 1.807) is 10.7 Å². The van der Waals surface area contributed by atoms with E-state index in [2.05, 4.69) is 20.5 Å². The van der Waals surface area contributed by atoms with E-state index >= 15 is 0 Å². The number of hydrogen-bond donors (Lipinski definition) is 1. The van der Waals surface area contributed by atoms with Gasteiger partial charge in [0.15, 0.2) is 5.69 Å². The molecule has 0 bridgehead atoms. The van der Waals surface area contributed by atoms with Gasteiger partial charge in [0.2, 0.25) is 5.91 Å². The minimum Gasteiger partial charge on any atom is -0.464 e. The maximum absolute atomic E-state index is 13.2. The van der Waals surface area contributed by atoms with Crippen molar-refractivity contribution in [3.63, 3.8) is 0 Å². The zero-order chi connectivity index (χ0) is 25.0. The number of carbonyl (C=O) groups is 2. The second-order valence-electron chi connectivity index (χ2n) is 9.35. The quantitative estimate of drug-likeness (QED) is 0.593. The molecular formula is C24H30F3N5O3. The normalized spacial score (nSPS) is 21.7. The van der Waals surface area contributed by atoms with Crippen molar-refractivity contribution in [1.29, 1.82) is 0 Å². The molecule has 190 valence electrons. The number of benzene rings is 1. The number of carbonyl (C=O) groups excluding carboxylic acids is 2. The molecule has 0 radical (unpaired) electrons. The van der Waals surface area contributed by atoms with Crippen molar-refractivity contribution in [1.82, 2.24) is 25.2 Å². The summed E-state index contributed by atoms with van der Waals surface area (Å²) in [6, 6.07) is 4.37. The fraction of sp³-hybridized carbons (Fsp3) is 0.583. The first kappa shape index (κ1) is 25.2. The third-order valence-corrected chi connectivity index (χ3v) is 6.90. The van der Waals surface area contributed by atoms with E-state index in [9.17, 15) is 22.8 Å². The summed E-state index contributed by atoms with van der Waals surface area (Å²) in [7, 11) is 1.27. The number of amides is 1. The number of esters is 1. The van der Waals surface area contributed by atoms with Crippen LogP contribution in [-0.2, 0) is 22.3 Å². The van der Waals surface area contributed by atoms with Crippen molar-refractivity contribution in [2.75, 3.05) is 20.2 Å². The fourth-order valence-electron chi connectivity index (χ4n) is 5.06. The number of halogens is 3. The molecule has 1 amide bonds. The molecule has 8 nitrogen and oxygen atoms in total. The number of hydrogen-bond acceptors (Lipinski definition) is 6. The molecule has 2 heterocycles. The number of methoxy groups -OCH3 is 1. The molecule has 4 rings (SSSR count). The minimum absolute atomic E-state index is 0.0109. The lowest BCUT2D eigenvalue weighted by Gasteiger charge is -2.30. The third kappa shape index (κ3) is 6.19. The molecule has 1 saturated carbocycles. The van der Waals surface area contributed by atoms with E-state index in [0.717, 1.165) is 31.5 Å². The molecular weight excluding hydrogens is 463 g/mol. The molecule has 11 heteroatoms. The lowest BCUT2D eigenvalue weighted by Crippen LogP contribution is -2.44. The monoisotopic (exact) mass is 493 g/mol. The molecule has 1 aromatic heterocycles. The maximum atomic E-state index is 13.2. The van der Waals surface area contributed by atoms with Gasteiger partial charge >= 0.3 is 12.1 Å². The van der Waals surface area contributed by atoms with Crippen LogP contribution in [0.15, 0.2) is 30.5 Å². The van der Waals surface area contributed by atoms with E-state index in [1.807, 2.05) is 0 Å². The highest BCUT2D eigenvalue weighted by Gasteiger charge is 2.39. The zero-order valence-corrected chi connectivity index (χ0v) is 19.6. The summed E-state index contributed by atoms with van der Waals surface area (Å²) in [5.41, 5.74) is -0.249. The molecule has 1 aliphatic heterocycles. The Labute approximate surface area is 201 Å². The van der Waals surface area contributed by atoms with Crippen LogP contribution in [0.2, 0.25) is 0 Å². The van der Waals surface area contributed by atoms with Gasteiger partial charge in [0.05, 0.1) is 31.0 Å². The Morgan fingerprint density at radius 2 is 1.97 bits per heavy atom. The van der Waals surface area contributed by atoms with E-state index in [-0.39, 0.29) is 24.2 Å². The third-order valence-electron chi connectivity index (χ3n) is 6.90. The lowest BCUT2D eigenvalue weighted by atomic mass is 9.89. The van der Waals surface area contributed by atoms with Crippen LogP contribution in [0, 0.1) is 5.92 Å². The van der Waals surface area contributed by atoms with Crippen LogP contribution in [-0.4, -0.2) is 58.0 Å². The molecule has 2 aliphatic rings. The average Bonchev–Trinajstić information content (AvgIpc) is 3.50. The Kier molecular flexibility index (Phi) is 7.73. The van der Waals surface area contributed by atoms with E-state index in [1.165, 1.54) is 38.6 Å². The molecule has 2 aromatic rings. The standard InChI is InChI=1S/C24H30F3N5O3/c1-35-23(34)20-15-32(30-29-20)19-11-21(31(14-19)13-16-6-3-2-4-7-16)22(33)28-12-17-8-5-9-18(10-17)24(25,26)27/h5,8-10,15-16,19,21H,2-4,6-7,11-14H2,1H3,(H,28,33)/t19-,21+/m1/s1. The summed E-state index contributed by atoms with van der Waals surface area (Å²) in [5, 5.41) is 10.8.